The quantitative estimate of drug-likeness (QED) is 0.348. The molecule has 0 atom stereocenters. The molecule has 0 unspecified atom stereocenters. The maximum absolute atomic E-state index is 13.2. The number of rotatable bonds is 4. The molecule has 3 aromatic carbocycles. The Morgan fingerprint density at radius 1 is 0.943 bits per heavy atom. The average molecular weight is 600 g/mol. The second kappa shape index (κ2) is 10.5. The lowest BCUT2D eigenvalue weighted by Gasteiger charge is -2.29. The number of carbonyl (C=O) groups is 2. The summed E-state index contributed by atoms with van der Waals surface area (Å²) in [4.78, 5) is 27.0. The van der Waals surface area contributed by atoms with Gasteiger partial charge in [0.1, 0.15) is 5.60 Å². The second-order valence-electron chi connectivity index (χ2n) is 9.64. The van der Waals surface area contributed by atoms with Gasteiger partial charge in [-0.05, 0) is 117 Å². The monoisotopic (exact) mass is 598 g/mol. The normalized spacial score (nSPS) is 13.2. The molecule has 35 heavy (non-hydrogen) atoms. The van der Waals surface area contributed by atoms with Crippen molar-refractivity contribution in [3.05, 3.63) is 91.9 Å². The predicted molar refractivity (Wildman–Crippen MR) is 145 cm³/mol. The van der Waals surface area contributed by atoms with Crippen molar-refractivity contribution >= 4 is 43.9 Å². The fourth-order valence-corrected chi connectivity index (χ4v) is 4.84. The van der Waals surface area contributed by atoms with Crippen LogP contribution in [0.25, 0.3) is 11.1 Å². The molecule has 4 rings (SSSR count). The third-order valence-electron chi connectivity index (χ3n) is 5.77. The number of nitrogens with one attached hydrogen (secondary N) is 1. The molecule has 3 aromatic rings. The minimum absolute atomic E-state index is 0.0385. The van der Waals surface area contributed by atoms with Crippen LogP contribution in [0.4, 0.5) is 4.79 Å². The van der Waals surface area contributed by atoms with Crippen molar-refractivity contribution in [2.24, 2.45) is 0 Å². The van der Waals surface area contributed by atoms with Crippen LogP contribution >= 0.6 is 31.9 Å². The second-order valence-corrected chi connectivity index (χ2v) is 11.4. The first-order valence-corrected chi connectivity index (χ1v) is 13.1. The highest BCUT2D eigenvalue weighted by Gasteiger charge is 2.23. The molecule has 2 amide bonds. The summed E-state index contributed by atoms with van der Waals surface area (Å²) in [5, 5.41) is 2.79. The highest BCUT2D eigenvalue weighted by molar-refractivity contribution is 9.13. The fraction of sp³-hybridized carbons (Fsp3) is 0.286. The molecule has 0 aliphatic carbocycles. The fourth-order valence-electron chi connectivity index (χ4n) is 4.06. The molecule has 182 valence electrons. The summed E-state index contributed by atoms with van der Waals surface area (Å²) in [7, 11) is 0. The zero-order chi connectivity index (χ0) is 25.2. The van der Waals surface area contributed by atoms with Crippen molar-refractivity contribution in [2.45, 2.75) is 45.9 Å². The van der Waals surface area contributed by atoms with Crippen LogP contribution in [0.1, 0.15) is 47.8 Å². The SMILES string of the molecule is CC(C)(C)OC(=O)NCc1cccc(-c2ccc(C(=O)N3CCc4cc(Br)c(Br)cc4C3)cc2)c1. The predicted octanol–water partition coefficient (Wildman–Crippen LogP) is 7.10. The van der Waals surface area contributed by atoms with Gasteiger partial charge in [-0.15, -0.1) is 0 Å². The Balaban J connectivity index is 1.42. The van der Waals surface area contributed by atoms with E-state index >= 15 is 0 Å². The van der Waals surface area contributed by atoms with Crippen LogP contribution in [0, 0.1) is 0 Å². The van der Waals surface area contributed by atoms with Crippen LogP contribution in [0.5, 0.6) is 0 Å². The molecular weight excluding hydrogens is 572 g/mol. The van der Waals surface area contributed by atoms with Crippen molar-refractivity contribution in [1.29, 1.82) is 0 Å². The lowest BCUT2D eigenvalue weighted by Crippen LogP contribution is -2.36. The van der Waals surface area contributed by atoms with Crippen LogP contribution in [-0.2, 0) is 24.2 Å². The molecule has 1 N–H and O–H groups in total. The van der Waals surface area contributed by atoms with Gasteiger partial charge >= 0.3 is 6.09 Å². The third-order valence-corrected chi connectivity index (χ3v) is 7.61. The van der Waals surface area contributed by atoms with Gasteiger partial charge < -0.3 is 15.0 Å². The third kappa shape index (κ3) is 6.53. The lowest BCUT2D eigenvalue weighted by atomic mass is 9.98. The van der Waals surface area contributed by atoms with Crippen molar-refractivity contribution in [1.82, 2.24) is 10.2 Å². The van der Waals surface area contributed by atoms with Gasteiger partial charge in [0, 0.05) is 34.1 Å². The highest BCUT2D eigenvalue weighted by Crippen LogP contribution is 2.31. The summed E-state index contributed by atoms with van der Waals surface area (Å²) >= 11 is 7.12. The lowest BCUT2D eigenvalue weighted by molar-refractivity contribution is 0.0523. The first-order valence-electron chi connectivity index (χ1n) is 11.5. The van der Waals surface area contributed by atoms with Gasteiger partial charge in [-0.2, -0.15) is 0 Å². The summed E-state index contributed by atoms with van der Waals surface area (Å²) < 4.78 is 7.34. The Morgan fingerprint density at radius 2 is 1.63 bits per heavy atom. The largest absolute Gasteiger partial charge is 0.444 e. The van der Waals surface area contributed by atoms with Crippen molar-refractivity contribution in [3.8, 4) is 11.1 Å². The van der Waals surface area contributed by atoms with Crippen molar-refractivity contribution in [3.63, 3.8) is 0 Å². The average Bonchev–Trinajstić information content (AvgIpc) is 2.82. The van der Waals surface area contributed by atoms with Crippen LogP contribution in [-0.4, -0.2) is 29.0 Å². The number of ether oxygens (including phenoxy) is 1. The van der Waals surface area contributed by atoms with Gasteiger partial charge in [0.15, 0.2) is 0 Å². The Bertz CT molecular complexity index is 1250. The van der Waals surface area contributed by atoms with Crippen LogP contribution in [0.15, 0.2) is 69.6 Å². The smallest absolute Gasteiger partial charge is 0.407 e. The molecule has 0 radical (unpaired) electrons. The maximum atomic E-state index is 13.2. The number of amides is 2. The van der Waals surface area contributed by atoms with Gasteiger partial charge in [-0.25, -0.2) is 4.79 Å². The minimum Gasteiger partial charge on any atom is -0.444 e. The number of carbonyl (C=O) groups excluding carboxylic acids is 2. The summed E-state index contributed by atoms with van der Waals surface area (Å²) in [6, 6.07) is 19.9. The van der Waals surface area contributed by atoms with Gasteiger partial charge in [0.2, 0.25) is 0 Å². The van der Waals surface area contributed by atoms with Gasteiger partial charge in [-0.1, -0.05) is 30.3 Å². The molecule has 0 spiro atoms. The van der Waals surface area contributed by atoms with E-state index in [1.165, 1.54) is 11.1 Å². The number of nitrogens with zero attached hydrogens (tertiary/aromatic N) is 1. The molecule has 1 heterocycles. The Labute approximate surface area is 223 Å². The molecule has 5 nitrogen and oxygen atoms in total. The van der Waals surface area contributed by atoms with Gasteiger partial charge in [-0.3, -0.25) is 4.79 Å². The molecular formula is C28H28Br2N2O3. The number of hydrogen-bond acceptors (Lipinski definition) is 3. The van der Waals surface area contributed by atoms with E-state index < -0.39 is 11.7 Å². The van der Waals surface area contributed by atoms with E-state index in [2.05, 4.69) is 49.3 Å². The summed E-state index contributed by atoms with van der Waals surface area (Å²) in [5.74, 6) is 0.0385. The molecule has 1 aliphatic heterocycles. The van der Waals surface area contributed by atoms with Gasteiger partial charge in [0.25, 0.3) is 5.91 Å². The van der Waals surface area contributed by atoms with E-state index in [4.69, 9.17) is 4.74 Å². The first kappa shape index (κ1) is 25.5. The zero-order valence-electron chi connectivity index (χ0n) is 20.0. The molecule has 0 fully saturated rings. The van der Waals surface area contributed by atoms with Crippen LogP contribution in [0.2, 0.25) is 0 Å². The molecule has 7 heteroatoms. The molecule has 0 aromatic heterocycles. The molecule has 1 aliphatic rings. The summed E-state index contributed by atoms with van der Waals surface area (Å²) in [6.45, 7) is 7.20. The topological polar surface area (TPSA) is 58.6 Å². The van der Waals surface area contributed by atoms with E-state index in [1.807, 2.05) is 74.2 Å². The van der Waals surface area contributed by atoms with Crippen LogP contribution in [0.3, 0.4) is 0 Å². The number of fused-ring (bicyclic) bond motifs is 1. The van der Waals surface area contributed by atoms with E-state index in [-0.39, 0.29) is 5.91 Å². The van der Waals surface area contributed by atoms with Gasteiger partial charge in [0.05, 0.1) is 0 Å². The summed E-state index contributed by atoms with van der Waals surface area (Å²) in [5.41, 5.74) is 5.60. The Morgan fingerprint density at radius 3 is 2.31 bits per heavy atom. The van der Waals surface area contributed by atoms with Crippen molar-refractivity contribution in [2.75, 3.05) is 6.54 Å². The number of benzene rings is 3. The molecule has 0 saturated carbocycles. The number of hydrogen-bond donors (Lipinski definition) is 1. The van der Waals surface area contributed by atoms with E-state index in [1.54, 1.807) is 0 Å². The van der Waals surface area contributed by atoms with E-state index in [0.717, 1.165) is 32.1 Å². The molecule has 0 saturated heterocycles. The number of halogens is 2. The highest BCUT2D eigenvalue weighted by atomic mass is 79.9. The van der Waals surface area contributed by atoms with Crippen molar-refractivity contribution < 1.29 is 14.3 Å². The summed E-state index contributed by atoms with van der Waals surface area (Å²) in [6.07, 6.45) is 0.404. The van der Waals surface area contributed by atoms with E-state index in [9.17, 15) is 9.59 Å². The van der Waals surface area contributed by atoms with Crippen LogP contribution < -0.4 is 5.32 Å². The minimum atomic E-state index is -0.531. The van der Waals surface area contributed by atoms with E-state index in [0.29, 0.717) is 25.2 Å². The Kier molecular flexibility index (Phi) is 7.67. The number of alkyl carbamates (subject to hydrolysis) is 1. The Hall–Kier alpha value is -2.64. The maximum Gasteiger partial charge on any atom is 0.407 e. The first-order chi connectivity index (χ1) is 16.6. The molecule has 0 bridgehead atoms. The zero-order valence-corrected chi connectivity index (χ0v) is 23.2. The standard InChI is InChI=1S/C28H28Br2N2O3/c1-28(2,3)35-27(34)31-16-18-5-4-6-21(13-18)19-7-9-20(10-8-19)26(33)32-12-11-22-14-24(29)25(30)15-23(22)17-32/h4-10,13-15H,11-12,16-17H2,1-3H3,(H,31,34).